The Balaban J connectivity index is 1.67. The van der Waals surface area contributed by atoms with Gasteiger partial charge in [0.05, 0.1) is 13.1 Å². The van der Waals surface area contributed by atoms with Gasteiger partial charge < -0.3 is 15.5 Å². The minimum atomic E-state index is -0.546. The van der Waals surface area contributed by atoms with Gasteiger partial charge in [-0.05, 0) is 34.9 Å². The zero-order valence-electron chi connectivity index (χ0n) is 17.8. The highest BCUT2D eigenvalue weighted by atomic mass is 32.1. The molecule has 0 saturated heterocycles. The number of nitrogens with zero attached hydrogens (tertiary/aromatic N) is 1. The van der Waals surface area contributed by atoms with Crippen molar-refractivity contribution in [1.29, 1.82) is 0 Å². The van der Waals surface area contributed by atoms with Crippen LogP contribution < -0.4 is 10.6 Å². The molecule has 0 radical (unpaired) electrons. The lowest BCUT2D eigenvalue weighted by Crippen LogP contribution is -2.50. The Morgan fingerprint density at radius 2 is 1.58 bits per heavy atom. The van der Waals surface area contributed by atoms with E-state index in [4.69, 9.17) is 0 Å². The second kappa shape index (κ2) is 12.3. The van der Waals surface area contributed by atoms with Crippen molar-refractivity contribution >= 4 is 34.6 Å². The summed E-state index contributed by atoms with van der Waals surface area (Å²) in [7, 11) is 0. The molecule has 3 amide bonds. The van der Waals surface area contributed by atoms with Crippen molar-refractivity contribution in [3.05, 3.63) is 80.7 Å². The van der Waals surface area contributed by atoms with E-state index in [1.54, 1.807) is 22.7 Å². The van der Waals surface area contributed by atoms with Gasteiger partial charge in [0, 0.05) is 16.3 Å². The molecule has 2 aromatic heterocycles. The van der Waals surface area contributed by atoms with Crippen molar-refractivity contribution < 1.29 is 9.59 Å². The second-order valence-electron chi connectivity index (χ2n) is 7.36. The SMILES string of the molecule is CCCC[C@@H](NC(=O)NCc1ccccc1)C(=O)N(Cc1cccs1)Cc1cccs1. The third-order valence-corrected chi connectivity index (χ3v) is 6.63. The molecule has 2 heterocycles. The molecule has 31 heavy (non-hydrogen) atoms. The number of amides is 3. The van der Waals surface area contributed by atoms with E-state index in [2.05, 4.69) is 17.6 Å². The van der Waals surface area contributed by atoms with Crippen LogP contribution in [-0.2, 0) is 24.4 Å². The fraction of sp³-hybridized carbons (Fsp3) is 0.333. The molecular formula is C24H29N3O2S2. The van der Waals surface area contributed by atoms with Crippen LogP contribution in [0.25, 0.3) is 0 Å². The van der Waals surface area contributed by atoms with Crippen LogP contribution in [0.3, 0.4) is 0 Å². The summed E-state index contributed by atoms with van der Waals surface area (Å²) in [6.07, 6.45) is 2.47. The zero-order chi connectivity index (χ0) is 21.9. The average molecular weight is 456 g/mol. The van der Waals surface area contributed by atoms with Gasteiger partial charge in [0.25, 0.3) is 0 Å². The van der Waals surface area contributed by atoms with Crippen LogP contribution in [0.5, 0.6) is 0 Å². The summed E-state index contributed by atoms with van der Waals surface area (Å²) in [4.78, 5) is 30.2. The molecule has 164 valence electrons. The average Bonchev–Trinajstić information content (AvgIpc) is 3.49. The summed E-state index contributed by atoms with van der Waals surface area (Å²) in [5, 5.41) is 9.84. The maximum absolute atomic E-state index is 13.5. The highest BCUT2D eigenvalue weighted by Crippen LogP contribution is 2.19. The first-order valence-corrected chi connectivity index (χ1v) is 12.3. The molecule has 0 unspecified atom stereocenters. The Labute approximate surface area is 192 Å². The van der Waals surface area contributed by atoms with E-state index < -0.39 is 6.04 Å². The monoisotopic (exact) mass is 455 g/mol. The van der Waals surface area contributed by atoms with Crippen molar-refractivity contribution in [1.82, 2.24) is 15.5 Å². The minimum absolute atomic E-state index is 0.0369. The number of hydrogen-bond donors (Lipinski definition) is 2. The summed E-state index contributed by atoms with van der Waals surface area (Å²) >= 11 is 3.28. The predicted molar refractivity (Wildman–Crippen MR) is 128 cm³/mol. The molecular weight excluding hydrogens is 426 g/mol. The van der Waals surface area contributed by atoms with Crippen LogP contribution in [0.4, 0.5) is 4.79 Å². The number of thiophene rings is 2. The largest absolute Gasteiger partial charge is 0.334 e. The zero-order valence-corrected chi connectivity index (χ0v) is 19.4. The lowest BCUT2D eigenvalue weighted by Gasteiger charge is -2.27. The van der Waals surface area contributed by atoms with Gasteiger partial charge >= 0.3 is 6.03 Å². The number of benzene rings is 1. The Hall–Kier alpha value is -2.64. The topological polar surface area (TPSA) is 61.4 Å². The summed E-state index contributed by atoms with van der Waals surface area (Å²) < 4.78 is 0. The predicted octanol–water partition coefficient (Wildman–Crippen LogP) is 5.40. The number of carbonyl (C=O) groups is 2. The molecule has 0 aliphatic heterocycles. The van der Waals surface area contributed by atoms with E-state index in [9.17, 15) is 9.59 Å². The minimum Gasteiger partial charge on any atom is -0.334 e. The van der Waals surface area contributed by atoms with Crippen molar-refractivity contribution in [3.63, 3.8) is 0 Å². The van der Waals surface area contributed by atoms with E-state index in [0.29, 0.717) is 26.1 Å². The number of urea groups is 1. The molecule has 0 aliphatic rings. The van der Waals surface area contributed by atoms with E-state index in [1.807, 2.05) is 70.3 Å². The third-order valence-electron chi connectivity index (χ3n) is 4.91. The molecule has 3 rings (SSSR count). The molecule has 0 aliphatic carbocycles. The first kappa shape index (κ1) is 23.0. The molecule has 1 atom stereocenters. The normalized spacial score (nSPS) is 11.6. The van der Waals surface area contributed by atoms with Gasteiger partial charge in [0.2, 0.25) is 5.91 Å². The third kappa shape index (κ3) is 7.52. The second-order valence-corrected chi connectivity index (χ2v) is 9.42. The molecule has 3 aromatic rings. The Morgan fingerprint density at radius 1 is 0.935 bits per heavy atom. The standard InChI is InChI=1S/C24H29N3O2S2/c1-2-3-13-22(26-24(29)25-16-19-9-5-4-6-10-19)23(28)27(17-20-11-7-14-30-20)18-21-12-8-15-31-21/h4-12,14-15,22H,2-3,13,16-18H2,1H3,(H2,25,26,29)/t22-/m1/s1. The van der Waals surface area contributed by atoms with Crippen LogP contribution in [0.1, 0.15) is 41.5 Å². The van der Waals surface area contributed by atoms with Crippen LogP contribution in [-0.4, -0.2) is 22.9 Å². The van der Waals surface area contributed by atoms with Crippen molar-refractivity contribution in [2.24, 2.45) is 0 Å². The summed E-state index contributed by atoms with van der Waals surface area (Å²) in [6.45, 7) is 3.61. The number of hydrogen-bond acceptors (Lipinski definition) is 4. The van der Waals surface area contributed by atoms with Crippen LogP contribution in [0.15, 0.2) is 65.4 Å². The fourth-order valence-electron chi connectivity index (χ4n) is 3.27. The summed E-state index contributed by atoms with van der Waals surface area (Å²) in [6, 6.07) is 17.0. The highest BCUT2D eigenvalue weighted by Gasteiger charge is 2.26. The van der Waals surface area contributed by atoms with E-state index in [0.717, 1.165) is 28.2 Å². The number of carbonyl (C=O) groups excluding carboxylic acids is 2. The molecule has 0 saturated carbocycles. The van der Waals surface area contributed by atoms with E-state index in [1.165, 1.54) is 0 Å². The molecule has 0 spiro atoms. The van der Waals surface area contributed by atoms with Crippen LogP contribution in [0, 0.1) is 0 Å². The van der Waals surface area contributed by atoms with Gasteiger partial charge in [0.1, 0.15) is 6.04 Å². The molecule has 1 aromatic carbocycles. The van der Waals surface area contributed by atoms with Gasteiger partial charge in [-0.2, -0.15) is 0 Å². The fourth-order valence-corrected chi connectivity index (χ4v) is 4.71. The maximum atomic E-state index is 13.5. The molecule has 7 heteroatoms. The first-order valence-electron chi connectivity index (χ1n) is 10.6. The van der Waals surface area contributed by atoms with Crippen molar-refractivity contribution in [2.75, 3.05) is 0 Å². The van der Waals surface area contributed by atoms with E-state index in [-0.39, 0.29) is 11.9 Å². The summed E-state index contributed by atoms with van der Waals surface area (Å²) in [5.74, 6) is -0.0369. The molecule has 0 fully saturated rings. The Morgan fingerprint density at radius 3 is 2.13 bits per heavy atom. The van der Waals surface area contributed by atoms with Crippen molar-refractivity contribution in [2.45, 2.75) is 51.9 Å². The van der Waals surface area contributed by atoms with Gasteiger partial charge in [-0.15, -0.1) is 22.7 Å². The summed E-state index contributed by atoms with van der Waals surface area (Å²) in [5.41, 5.74) is 1.02. The van der Waals surface area contributed by atoms with Crippen molar-refractivity contribution in [3.8, 4) is 0 Å². The van der Waals surface area contributed by atoms with Gasteiger partial charge in [-0.3, -0.25) is 4.79 Å². The lowest BCUT2D eigenvalue weighted by molar-refractivity contribution is -0.134. The number of rotatable bonds is 11. The Bertz CT molecular complexity index is 875. The Kier molecular flexibility index (Phi) is 9.12. The van der Waals surface area contributed by atoms with E-state index >= 15 is 0 Å². The van der Waals surface area contributed by atoms with Crippen LogP contribution in [0.2, 0.25) is 0 Å². The molecule has 0 bridgehead atoms. The number of unbranched alkanes of at least 4 members (excludes halogenated alkanes) is 1. The first-order chi connectivity index (χ1) is 15.2. The number of nitrogens with one attached hydrogen (secondary N) is 2. The smallest absolute Gasteiger partial charge is 0.315 e. The maximum Gasteiger partial charge on any atom is 0.315 e. The van der Waals surface area contributed by atoms with Gasteiger partial charge in [-0.1, -0.05) is 62.2 Å². The molecule has 2 N–H and O–H groups in total. The van der Waals surface area contributed by atoms with Gasteiger partial charge in [0.15, 0.2) is 0 Å². The molecule has 5 nitrogen and oxygen atoms in total. The van der Waals surface area contributed by atoms with Crippen LogP contribution >= 0.6 is 22.7 Å². The lowest BCUT2D eigenvalue weighted by atomic mass is 10.1. The quantitative estimate of drug-likeness (QED) is 0.407. The van der Waals surface area contributed by atoms with Gasteiger partial charge in [-0.25, -0.2) is 4.79 Å². The highest BCUT2D eigenvalue weighted by molar-refractivity contribution is 7.10.